The summed E-state index contributed by atoms with van der Waals surface area (Å²) in [5, 5.41) is 9.21. The summed E-state index contributed by atoms with van der Waals surface area (Å²) in [4.78, 5) is 17.7. The molecule has 0 fully saturated rings. The minimum absolute atomic E-state index is 0.368. The fraction of sp³-hybridized carbons (Fsp3) is 0.250. The summed E-state index contributed by atoms with van der Waals surface area (Å²) in [6, 6.07) is 13.0. The van der Waals surface area contributed by atoms with E-state index in [1.54, 1.807) is 18.3 Å². The van der Waals surface area contributed by atoms with Gasteiger partial charge in [0, 0.05) is 19.3 Å². The molecule has 1 N–H and O–H groups in total. The molecule has 0 aliphatic carbocycles. The van der Waals surface area contributed by atoms with Gasteiger partial charge in [-0.05, 0) is 30.3 Å². The lowest BCUT2D eigenvalue weighted by molar-refractivity contribution is 0.0694. The van der Waals surface area contributed by atoms with Crippen molar-refractivity contribution in [2.75, 3.05) is 6.54 Å². The van der Waals surface area contributed by atoms with E-state index in [2.05, 4.69) is 16.8 Å². The van der Waals surface area contributed by atoms with Crippen LogP contribution in [0.4, 0.5) is 0 Å². The summed E-state index contributed by atoms with van der Waals surface area (Å²) in [7, 11) is 0. The standard InChI is InChI=1S/C16H18N2O2/c1-2-18(12-14-8-5-6-10-17-14)11-13-7-3-4-9-15(13)16(19)20/h3-10H,2,11-12H2,1H3,(H,19,20). The van der Waals surface area contributed by atoms with Gasteiger partial charge in [-0.15, -0.1) is 0 Å². The molecule has 0 bridgehead atoms. The minimum Gasteiger partial charge on any atom is -0.478 e. The molecule has 0 unspecified atom stereocenters. The van der Waals surface area contributed by atoms with Gasteiger partial charge in [-0.2, -0.15) is 0 Å². The zero-order chi connectivity index (χ0) is 14.4. The van der Waals surface area contributed by atoms with Crippen LogP contribution in [0.1, 0.15) is 28.5 Å². The average molecular weight is 270 g/mol. The number of nitrogens with zero attached hydrogens (tertiary/aromatic N) is 2. The number of rotatable bonds is 6. The number of benzene rings is 1. The predicted octanol–water partition coefficient (Wildman–Crippen LogP) is 2.80. The molecule has 0 saturated heterocycles. The van der Waals surface area contributed by atoms with Gasteiger partial charge < -0.3 is 5.11 Å². The number of aromatic nitrogens is 1. The molecule has 1 aromatic carbocycles. The summed E-state index contributed by atoms with van der Waals surface area (Å²) in [5.41, 5.74) is 2.19. The van der Waals surface area contributed by atoms with Crippen LogP contribution in [0.2, 0.25) is 0 Å². The normalized spacial score (nSPS) is 10.7. The molecule has 0 aliphatic rings. The van der Waals surface area contributed by atoms with Gasteiger partial charge in [0.25, 0.3) is 0 Å². The van der Waals surface area contributed by atoms with Gasteiger partial charge in [-0.3, -0.25) is 9.88 Å². The van der Waals surface area contributed by atoms with E-state index in [1.807, 2.05) is 30.3 Å². The Morgan fingerprint density at radius 3 is 2.55 bits per heavy atom. The average Bonchev–Trinajstić information content (AvgIpc) is 2.48. The lowest BCUT2D eigenvalue weighted by Crippen LogP contribution is -2.24. The Hall–Kier alpha value is -2.20. The van der Waals surface area contributed by atoms with E-state index in [9.17, 15) is 9.90 Å². The van der Waals surface area contributed by atoms with Crippen molar-refractivity contribution in [2.24, 2.45) is 0 Å². The topological polar surface area (TPSA) is 53.4 Å². The maximum atomic E-state index is 11.2. The second-order valence-corrected chi connectivity index (χ2v) is 4.59. The Morgan fingerprint density at radius 2 is 1.90 bits per heavy atom. The van der Waals surface area contributed by atoms with E-state index < -0.39 is 5.97 Å². The summed E-state index contributed by atoms with van der Waals surface area (Å²) in [6.07, 6.45) is 1.77. The maximum absolute atomic E-state index is 11.2. The number of carboxylic acid groups (broad SMARTS) is 1. The number of aromatic carboxylic acids is 1. The smallest absolute Gasteiger partial charge is 0.336 e. The van der Waals surface area contributed by atoms with Crippen molar-refractivity contribution in [1.82, 2.24) is 9.88 Å². The van der Waals surface area contributed by atoms with Crippen molar-refractivity contribution in [3.63, 3.8) is 0 Å². The van der Waals surface area contributed by atoms with Gasteiger partial charge in [0.2, 0.25) is 0 Å². The highest BCUT2D eigenvalue weighted by molar-refractivity contribution is 5.89. The van der Waals surface area contributed by atoms with Crippen LogP contribution in [0, 0.1) is 0 Å². The third-order valence-corrected chi connectivity index (χ3v) is 3.20. The van der Waals surface area contributed by atoms with Crippen molar-refractivity contribution < 1.29 is 9.90 Å². The van der Waals surface area contributed by atoms with E-state index in [0.717, 1.165) is 17.8 Å². The Bertz CT molecular complexity index is 570. The molecule has 0 amide bonds. The molecule has 4 nitrogen and oxygen atoms in total. The third-order valence-electron chi connectivity index (χ3n) is 3.20. The molecule has 20 heavy (non-hydrogen) atoms. The van der Waals surface area contributed by atoms with Gasteiger partial charge in [0.05, 0.1) is 11.3 Å². The fourth-order valence-corrected chi connectivity index (χ4v) is 2.11. The van der Waals surface area contributed by atoms with Crippen LogP contribution in [-0.2, 0) is 13.1 Å². The first kappa shape index (κ1) is 14.2. The number of pyridine rings is 1. The third kappa shape index (κ3) is 3.65. The molecule has 104 valence electrons. The Balaban J connectivity index is 2.13. The molecule has 0 saturated carbocycles. The molecule has 0 spiro atoms. The predicted molar refractivity (Wildman–Crippen MR) is 77.4 cm³/mol. The SMILES string of the molecule is CCN(Cc1ccccn1)Cc1ccccc1C(=O)O. The Labute approximate surface area is 118 Å². The molecule has 0 radical (unpaired) electrons. The van der Waals surface area contributed by atoms with Gasteiger partial charge >= 0.3 is 5.97 Å². The lowest BCUT2D eigenvalue weighted by Gasteiger charge is -2.21. The minimum atomic E-state index is -0.880. The summed E-state index contributed by atoms with van der Waals surface area (Å²) < 4.78 is 0. The molecular formula is C16H18N2O2. The van der Waals surface area contributed by atoms with Crippen LogP contribution < -0.4 is 0 Å². The first-order chi connectivity index (χ1) is 9.70. The van der Waals surface area contributed by atoms with E-state index in [1.165, 1.54) is 0 Å². The van der Waals surface area contributed by atoms with Crippen LogP contribution in [0.5, 0.6) is 0 Å². The molecule has 2 rings (SSSR count). The highest BCUT2D eigenvalue weighted by atomic mass is 16.4. The second kappa shape index (κ2) is 6.82. The molecular weight excluding hydrogens is 252 g/mol. The zero-order valence-electron chi connectivity index (χ0n) is 11.5. The lowest BCUT2D eigenvalue weighted by atomic mass is 10.1. The van der Waals surface area contributed by atoms with Crippen LogP contribution in [0.3, 0.4) is 0 Å². The first-order valence-electron chi connectivity index (χ1n) is 6.64. The van der Waals surface area contributed by atoms with E-state index in [0.29, 0.717) is 18.7 Å². The van der Waals surface area contributed by atoms with Crippen molar-refractivity contribution >= 4 is 5.97 Å². The number of hydrogen-bond acceptors (Lipinski definition) is 3. The largest absolute Gasteiger partial charge is 0.478 e. The number of carbonyl (C=O) groups is 1. The fourth-order valence-electron chi connectivity index (χ4n) is 2.11. The van der Waals surface area contributed by atoms with Crippen LogP contribution in [0.15, 0.2) is 48.7 Å². The highest BCUT2D eigenvalue weighted by Gasteiger charge is 2.12. The number of hydrogen-bond donors (Lipinski definition) is 1. The molecule has 2 aromatic rings. The summed E-state index contributed by atoms with van der Waals surface area (Å²) >= 11 is 0. The molecule has 0 aliphatic heterocycles. The van der Waals surface area contributed by atoms with Gasteiger partial charge in [0.15, 0.2) is 0 Å². The molecule has 0 atom stereocenters. The molecule has 4 heteroatoms. The van der Waals surface area contributed by atoms with Gasteiger partial charge in [-0.25, -0.2) is 4.79 Å². The van der Waals surface area contributed by atoms with Crippen LogP contribution in [0.25, 0.3) is 0 Å². The van der Waals surface area contributed by atoms with Crippen molar-refractivity contribution in [2.45, 2.75) is 20.0 Å². The van der Waals surface area contributed by atoms with E-state index in [-0.39, 0.29) is 0 Å². The molecule has 1 aromatic heterocycles. The monoisotopic (exact) mass is 270 g/mol. The van der Waals surface area contributed by atoms with Crippen molar-refractivity contribution in [3.8, 4) is 0 Å². The van der Waals surface area contributed by atoms with Crippen molar-refractivity contribution in [3.05, 3.63) is 65.5 Å². The van der Waals surface area contributed by atoms with Gasteiger partial charge in [-0.1, -0.05) is 31.2 Å². The highest BCUT2D eigenvalue weighted by Crippen LogP contribution is 2.13. The van der Waals surface area contributed by atoms with Crippen molar-refractivity contribution in [1.29, 1.82) is 0 Å². The Kier molecular flexibility index (Phi) is 4.85. The summed E-state index contributed by atoms with van der Waals surface area (Å²) in [5.74, 6) is -0.880. The number of carboxylic acids is 1. The van der Waals surface area contributed by atoms with Crippen LogP contribution >= 0.6 is 0 Å². The molecule has 1 heterocycles. The second-order valence-electron chi connectivity index (χ2n) is 4.59. The Morgan fingerprint density at radius 1 is 1.15 bits per heavy atom. The first-order valence-corrected chi connectivity index (χ1v) is 6.64. The van der Waals surface area contributed by atoms with E-state index >= 15 is 0 Å². The quantitative estimate of drug-likeness (QED) is 0.877. The summed E-state index contributed by atoms with van der Waals surface area (Å²) in [6.45, 7) is 4.22. The van der Waals surface area contributed by atoms with Crippen LogP contribution in [-0.4, -0.2) is 27.5 Å². The maximum Gasteiger partial charge on any atom is 0.336 e. The van der Waals surface area contributed by atoms with E-state index in [4.69, 9.17) is 0 Å². The zero-order valence-corrected chi connectivity index (χ0v) is 11.5. The van der Waals surface area contributed by atoms with Gasteiger partial charge in [0.1, 0.15) is 0 Å².